The highest BCUT2D eigenvalue weighted by Gasteiger charge is 2.48. The minimum absolute atomic E-state index is 0.00431. The summed E-state index contributed by atoms with van der Waals surface area (Å²) in [5, 5.41) is 6.83. The summed E-state index contributed by atoms with van der Waals surface area (Å²) in [4.78, 5) is 28.6. The molecule has 2 bridgehead atoms. The number of benzene rings is 2. The number of para-hydroxylation sites is 1. The molecule has 0 aliphatic carbocycles. The van der Waals surface area contributed by atoms with E-state index in [4.69, 9.17) is 11.6 Å². The second-order valence-corrected chi connectivity index (χ2v) is 10.0. The summed E-state index contributed by atoms with van der Waals surface area (Å²) in [6, 6.07) is 15.7. The molecule has 6 heteroatoms. The molecule has 2 aliphatic rings. The van der Waals surface area contributed by atoms with Crippen molar-refractivity contribution in [1.29, 1.82) is 0 Å². The summed E-state index contributed by atoms with van der Waals surface area (Å²) in [6.45, 7) is 5.96. The lowest BCUT2D eigenvalue weighted by molar-refractivity contribution is -0.134. The van der Waals surface area contributed by atoms with Crippen LogP contribution in [0.15, 0.2) is 48.5 Å². The Morgan fingerprint density at radius 3 is 2.28 bits per heavy atom. The first-order valence-corrected chi connectivity index (χ1v) is 11.9. The Balaban J connectivity index is 1.47. The predicted molar refractivity (Wildman–Crippen MR) is 129 cm³/mol. The van der Waals surface area contributed by atoms with Crippen LogP contribution in [-0.2, 0) is 4.79 Å². The van der Waals surface area contributed by atoms with Gasteiger partial charge in [0.1, 0.15) is 0 Å². The molecule has 0 radical (unpaired) electrons. The molecule has 2 saturated heterocycles. The number of rotatable bonds is 5. The Kier molecular flexibility index (Phi) is 6.59. The zero-order valence-electron chi connectivity index (χ0n) is 19.0. The number of carbonyl (C=O) groups is 2. The molecular weight excluding hydrogens is 422 g/mol. The van der Waals surface area contributed by atoms with Gasteiger partial charge in [-0.1, -0.05) is 48.4 Å². The van der Waals surface area contributed by atoms with Crippen molar-refractivity contribution in [2.45, 2.75) is 76.5 Å². The van der Waals surface area contributed by atoms with Gasteiger partial charge in [0.25, 0.3) is 5.91 Å². The van der Waals surface area contributed by atoms with Crippen LogP contribution in [-0.4, -0.2) is 40.4 Å². The zero-order valence-corrected chi connectivity index (χ0v) is 19.8. The Bertz CT molecular complexity index is 992. The molecule has 2 unspecified atom stereocenters. The van der Waals surface area contributed by atoms with Crippen LogP contribution in [0.1, 0.15) is 61.9 Å². The van der Waals surface area contributed by atoms with Gasteiger partial charge in [-0.25, -0.2) is 0 Å². The molecule has 0 aromatic heterocycles. The molecule has 2 fully saturated rings. The lowest BCUT2D eigenvalue weighted by Gasteiger charge is -2.54. The molecule has 2 aromatic carbocycles. The first kappa shape index (κ1) is 22.8. The Morgan fingerprint density at radius 2 is 1.62 bits per heavy atom. The topological polar surface area (TPSA) is 61.4 Å². The smallest absolute Gasteiger partial charge is 0.251 e. The molecule has 170 valence electrons. The number of anilines is 1. The van der Waals surface area contributed by atoms with Crippen LogP contribution < -0.4 is 10.6 Å². The fourth-order valence-corrected chi connectivity index (χ4v) is 5.64. The first-order valence-electron chi connectivity index (χ1n) is 11.5. The van der Waals surface area contributed by atoms with Gasteiger partial charge in [-0.15, -0.1) is 0 Å². The maximum Gasteiger partial charge on any atom is 0.251 e. The summed E-state index contributed by atoms with van der Waals surface area (Å²) >= 11 is 6.26. The van der Waals surface area contributed by atoms with Crippen LogP contribution in [0, 0.1) is 6.92 Å². The van der Waals surface area contributed by atoms with Gasteiger partial charge in [-0.05, 0) is 70.2 Å². The number of nitrogens with one attached hydrogen (secondary N) is 2. The number of halogens is 1. The summed E-state index contributed by atoms with van der Waals surface area (Å²) < 4.78 is 0. The number of fused-ring (bicyclic) bond motifs is 2. The van der Waals surface area contributed by atoms with E-state index in [1.54, 1.807) is 6.07 Å². The quantitative estimate of drug-likeness (QED) is 0.655. The molecule has 32 heavy (non-hydrogen) atoms. The molecule has 2 N–H and O–H groups in total. The van der Waals surface area contributed by atoms with E-state index in [0.717, 1.165) is 43.2 Å². The van der Waals surface area contributed by atoms with Crippen molar-refractivity contribution >= 4 is 29.1 Å². The zero-order chi connectivity index (χ0) is 22.9. The lowest BCUT2D eigenvalue weighted by Crippen LogP contribution is -2.66. The number of aryl methyl sites for hydroxylation is 1. The van der Waals surface area contributed by atoms with Crippen LogP contribution in [0.5, 0.6) is 0 Å². The number of hydrogen-bond donors (Lipinski definition) is 2. The molecule has 0 spiro atoms. The molecule has 2 atom stereocenters. The second kappa shape index (κ2) is 9.24. The van der Waals surface area contributed by atoms with Crippen molar-refractivity contribution in [3.63, 3.8) is 0 Å². The van der Waals surface area contributed by atoms with Crippen LogP contribution in [0.25, 0.3) is 0 Å². The molecule has 0 saturated carbocycles. The normalized spacial score (nSPS) is 23.4. The SMILES string of the molecule is Cc1ccccc1C(=O)NC1CC2CCCC(C1)N2C(C)(C)C(=O)Nc1ccccc1Cl. The van der Waals surface area contributed by atoms with E-state index in [0.29, 0.717) is 10.7 Å². The van der Waals surface area contributed by atoms with E-state index < -0.39 is 5.54 Å². The van der Waals surface area contributed by atoms with Crippen molar-refractivity contribution < 1.29 is 9.59 Å². The summed E-state index contributed by atoms with van der Waals surface area (Å²) in [6.07, 6.45) is 4.95. The minimum Gasteiger partial charge on any atom is -0.349 e. The third-order valence-electron chi connectivity index (χ3n) is 7.02. The number of nitrogens with zero attached hydrogens (tertiary/aromatic N) is 1. The minimum atomic E-state index is -0.681. The largest absolute Gasteiger partial charge is 0.349 e. The molecule has 2 aliphatic heterocycles. The van der Waals surface area contributed by atoms with Crippen molar-refractivity contribution in [3.8, 4) is 0 Å². The highest BCUT2D eigenvalue weighted by Crippen LogP contribution is 2.39. The third-order valence-corrected chi connectivity index (χ3v) is 7.35. The van der Waals surface area contributed by atoms with E-state index in [1.165, 1.54) is 0 Å². The molecule has 4 rings (SSSR count). The van der Waals surface area contributed by atoms with Gasteiger partial charge in [-0.2, -0.15) is 0 Å². The maximum atomic E-state index is 13.3. The lowest BCUT2D eigenvalue weighted by atomic mass is 9.78. The Morgan fingerprint density at radius 1 is 1.00 bits per heavy atom. The average molecular weight is 454 g/mol. The van der Waals surface area contributed by atoms with Gasteiger partial charge in [0.2, 0.25) is 5.91 Å². The summed E-state index contributed by atoms with van der Waals surface area (Å²) in [7, 11) is 0. The third kappa shape index (κ3) is 4.55. The van der Waals surface area contributed by atoms with Crippen molar-refractivity contribution in [2.75, 3.05) is 5.32 Å². The number of piperidine rings is 2. The van der Waals surface area contributed by atoms with Crippen molar-refractivity contribution in [1.82, 2.24) is 10.2 Å². The number of carbonyl (C=O) groups excluding carboxylic acids is 2. The van der Waals surface area contributed by atoms with Crippen LogP contribution in [0.2, 0.25) is 5.02 Å². The van der Waals surface area contributed by atoms with Crippen LogP contribution in [0.4, 0.5) is 5.69 Å². The average Bonchev–Trinajstić information content (AvgIpc) is 2.74. The monoisotopic (exact) mass is 453 g/mol. The number of amides is 2. The summed E-state index contributed by atoms with van der Waals surface area (Å²) in [5.74, 6) is -0.0553. The van der Waals surface area contributed by atoms with Gasteiger partial charge in [0, 0.05) is 23.7 Å². The van der Waals surface area contributed by atoms with E-state index in [-0.39, 0.29) is 29.9 Å². The van der Waals surface area contributed by atoms with E-state index in [2.05, 4.69) is 15.5 Å². The Hall–Kier alpha value is -2.37. The van der Waals surface area contributed by atoms with Gasteiger partial charge in [0.15, 0.2) is 0 Å². The molecular formula is C26H32ClN3O2. The summed E-state index contributed by atoms with van der Waals surface area (Å²) in [5.41, 5.74) is 1.68. The number of hydrogen-bond acceptors (Lipinski definition) is 3. The fraction of sp³-hybridized carbons (Fsp3) is 0.462. The fourth-order valence-electron chi connectivity index (χ4n) is 5.46. The van der Waals surface area contributed by atoms with Crippen LogP contribution >= 0.6 is 11.6 Å². The second-order valence-electron chi connectivity index (χ2n) is 9.60. The highest BCUT2D eigenvalue weighted by molar-refractivity contribution is 6.33. The van der Waals surface area contributed by atoms with Crippen molar-refractivity contribution in [2.24, 2.45) is 0 Å². The van der Waals surface area contributed by atoms with E-state index in [1.807, 2.05) is 63.2 Å². The van der Waals surface area contributed by atoms with Gasteiger partial charge >= 0.3 is 0 Å². The highest BCUT2D eigenvalue weighted by atomic mass is 35.5. The molecule has 2 amide bonds. The standard InChI is InChI=1S/C26H32ClN3O2/c1-17-9-4-5-12-21(17)24(31)28-18-15-19-10-8-11-20(16-18)30(19)26(2,3)25(32)29-23-14-7-6-13-22(23)27/h4-7,9,12-14,18-20H,8,10-11,15-16H2,1-3H3,(H,28,31)(H,29,32). The predicted octanol–water partition coefficient (Wildman–Crippen LogP) is 5.18. The maximum absolute atomic E-state index is 13.3. The molecule has 5 nitrogen and oxygen atoms in total. The molecule has 2 aromatic rings. The van der Waals surface area contributed by atoms with Crippen molar-refractivity contribution in [3.05, 3.63) is 64.7 Å². The van der Waals surface area contributed by atoms with E-state index in [9.17, 15) is 9.59 Å². The van der Waals surface area contributed by atoms with Gasteiger partial charge < -0.3 is 10.6 Å². The van der Waals surface area contributed by atoms with Crippen LogP contribution in [0.3, 0.4) is 0 Å². The van der Waals surface area contributed by atoms with E-state index >= 15 is 0 Å². The van der Waals surface area contributed by atoms with Gasteiger partial charge in [0.05, 0.1) is 16.2 Å². The molecule has 2 heterocycles. The van der Waals surface area contributed by atoms with Gasteiger partial charge in [-0.3, -0.25) is 14.5 Å². The first-order chi connectivity index (χ1) is 15.3. The Labute approximate surface area is 195 Å².